The summed E-state index contributed by atoms with van der Waals surface area (Å²) in [6.45, 7) is 4.30. The molecule has 0 saturated heterocycles. The number of hydrogen-bond acceptors (Lipinski definition) is 3. The van der Waals surface area contributed by atoms with Crippen molar-refractivity contribution in [1.29, 1.82) is 5.26 Å². The highest BCUT2D eigenvalue weighted by molar-refractivity contribution is 6.11. The molecule has 0 unspecified atom stereocenters. The molecule has 0 atom stereocenters. The highest BCUT2D eigenvalue weighted by atomic mass is 16.2. The van der Waals surface area contributed by atoms with Gasteiger partial charge in [0.05, 0.1) is 11.4 Å². The van der Waals surface area contributed by atoms with Gasteiger partial charge in [-0.2, -0.15) is 5.26 Å². The van der Waals surface area contributed by atoms with Crippen molar-refractivity contribution in [3.8, 4) is 6.07 Å². The second-order valence-corrected chi connectivity index (χ2v) is 5.73. The Hall–Kier alpha value is -2.02. The molecule has 112 valence electrons. The first-order chi connectivity index (χ1) is 10.1. The van der Waals surface area contributed by atoms with Crippen molar-refractivity contribution in [2.45, 2.75) is 46.0 Å². The quantitative estimate of drug-likeness (QED) is 0.806. The molecular formula is C17H23N3O. The van der Waals surface area contributed by atoms with Crippen LogP contribution in [0.25, 0.3) is 5.70 Å². The van der Waals surface area contributed by atoms with Crippen molar-refractivity contribution >= 4 is 11.6 Å². The van der Waals surface area contributed by atoms with E-state index in [0.29, 0.717) is 0 Å². The smallest absolute Gasteiger partial charge is 0.275 e. The van der Waals surface area contributed by atoms with Gasteiger partial charge in [-0.15, -0.1) is 0 Å². The normalized spacial score (nSPS) is 13.6. The lowest BCUT2D eigenvalue weighted by molar-refractivity contribution is 0.0963. The van der Waals surface area contributed by atoms with Gasteiger partial charge < -0.3 is 4.90 Å². The van der Waals surface area contributed by atoms with Crippen molar-refractivity contribution in [3.63, 3.8) is 0 Å². The van der Waals surface area contributed by atoms with E-state index in [2.05, 4.69) is 26.0 Å². The van der Waals surface area contributed by atoms with Gasteiger partial charge in [0, 0.05) is 19.8 Å². The van der Waals surface area contributed by atoms with Crippen LogP contribution in [0, 0.1) is 11.3 Å². The van der Waals surface area contributed by atoms with Crippen LogP contribution in [0.1, 0.15) is 54.9 Å². The fourth-order valence-electron chi connectivity index (χ4n) is 3.01. The number of aryl methyl sites for hydroxylation is 1. The lowest BCUT2D eigenvalue weighted by atomic mass is 10.0. The van der Waals surface area contributed by atoms with Crippen LogP contribution in [-0.2, 0) is 12.8 Å². The molecule has 0 fully saturated rings. The third kappa shape index (κ3) is 2.49. The van der Waals surface area contributed by atoms with Crippen LogP contribution in [0.2, 0.25) is 0 Å². The summed E-state index contributed by atoms with van der Waals surface area (Å²) in [5, 5.41) is 9.32. The minimum absolute atomic E-state index is 0.162. The second kappa shape index (κ2) is 6.17. The van der Waals surface area contributed by atoms with E-state index in [9.17, 15) is 10.1 Å². The Morgan fingerprint density at radius 2 is 1.95 bits per heavy atom. The van der Waals surface area contributed by atoms with Gasteiger partial charge in [0.2, 0.25) is 0 Å². The predicted octanol–water partition coefficient (Wildman–Crippen LogP) is 3.23. The topological polar surface area (TPSA) is 49.0 Å². The van der Waals surface area contributed by atoms with Gasteiger partial charge in [-0.05, 0) is 30.9 Å². The first-order valence-electron chi connectivity index (χ1n) is 7.67. The number of nitriles is 1. The molecule has 1 aromatic rings. The molecule has 0 radical (unpaired) electrons. The summed E-state index contributed by atoms with van der Waals surface area (Å²) in [7, 11) is 3.77. The average Bonchev–Trinajstić information content (AvgIpc) is 2.92. The van der Waals surface area contributed by atoms with Crippen LogP contribution >= 0.6 is 0 Å². The number of hydrogen-bond donors (Lipinski definition) is 0. The maximum Gasteiger partial charge on any atom is 0.275 e. The van der Waals surface area contributed by atoms with Crippen molar-refractivity contribution in [3.05, 3.63) is 28.6 Å². The zero-order chi connectivity index (χ0) is 15.6. The van der Waals surface area contributed by atoms with Gasteiger partial charge in [-0.1, -0.05) is 26.7 Å². The van der Waals surface area contributed by atoms with Crippen LogP contribution in [-0.4, -0.2) is 29.5 Å². The monoisotopic (exact) mass is 285 g/mol. The minimum atomic E-state index is -0.162. The average molecular weight is 285 g/mol. The van der Waals surface area contributed by atoms with E-state index in [0.717, 1.165) is 49.2 Å². The van der Waals surface area contributed by atoms with E-state index < -0.39 is 0 Å². The summed E-state index contributed by atoms with van der Waals surface area (Å²) in [5.41, 5.74) is 4.25. The van der Waals surface area contributed by atoms with Gasteiger partial charge >= 0.3 is 0 Å². The van der Waals surface area contributed by atoms with E-state index in [-0.39, 0.29) is 11.5 Å². The molecule has 2 rings (SSSR count). The Labute approximate surface area is 126 Å². The summed E-state index contributed by atoms with van der Waals surface area (Å²) < 4.78 is 1.77. The number of fused-ring (bicyclic) bond motifs is 1. The molecule has 0 bridgehead atoms. The van der Waals surface area contributed by atoms with Gasteiger partial charge in [0.1, 0.15) is 11.6 Å². The summed E-state index contributed by atoms with van der Waals surface area (Å²) in [6.07, 6.45) is 5.10. The summed E-state index contributed by atoms with van der Waals surface area (Å²) in [6, 6.07) is 4.18. The second-order valence-electron chi connectivity index (χ2n) is 5.73. The van der Waals surface area contributed by atoms with E-state index in [1.54, 1.807) is 4.57 Å². The van der Waals surface area contributed by atoms with Crippen LogP contribution in [0.5, 0.6) is 0 Å². The fourth-order valence-corrected chi connectivity index (χ4v) is 3.01. The molecule has 1 aliphatic heterocycles. The highest BCUT2D eigenvalue weighted by Gasteiger charge is 2.34. The molecule has 0 aliphatic carbocycles. The summed E-state index contributed by atoms with van der Waals surface area (Å²) >= 11 is 0. The third-order valence-corrected chi connectivity index (χ3v) is 3.93. The van der Waals surface area contributed by atoms with E-state index in [4.69, 9.17) is 0 Å². The van der Waals surface area contributed by atoms with Crippen molar-refractivity contribution < 1.29 is 4.79 Å². The molecule has 0 N–H and O–H groups in total. The molecule has 1 aromatic heterocycles. The number of allylic oxidation sites excluding steroid dienone is 1. The number of nitrogens with zero attached hydrogens (tertiary/aromatic N) is 3. The fraction of sp³-hybridized carbons (Fsp3) is 0.529. The molecule has 0 spiro atoms. The van der Waals surface area contributed by atoms with E-state index in [1.807, 2.05) is 19.0 Å². The Balaban J connectivity index is 2.59. The molecule has 1 aliphatic rings. The number of carbonyl (C=O) groups is 1. The van der Waals surface area contributed by atoms with E-state index in [1.165, 1.54) is 5.56 Å². The lowest BCUT2D eigenvalue weighted by Gasteiger charge is -2.13. The first kappa shape index (κ1) is 15.4. The molecule has 0 amide bonds. The Morgan fingerprint density at radius 1 is 1.24 bits per heavy atom. The van der Waals surface area contributed by atoms with Crippen molar-refractivity contribution in [2.24, 2.45) is 0 Å². The van der Waals surface area contributed by atoms with Crippen LogP contribution in [0.15, 0.2) is 11.6 Å². The number of aromatic nitrogens is 1. The third-order valence-electron chi connectivity index (χ3n) is 3.93. The minimum Gasteiger partial charge on any atom is -0.375 e. The zero-order valence-electron chi connectivity index (χ0n) is 13.4. The predicted molar refractivity (Wildman–Crippen MR) is 83.9 cm³/mol. The molecule has 4 nitrogen and oxygen atoms in total. The van der Waals surface area contributed by atoms with Crippen LogP contribution in [0.4, 0.5) is 0 Å². The largest absolute Gasteiger partial charge is 0.375 e. The maximum atomic E-state index is 12.6. The molecule has 0 saturated carbocycles. The number of rotatable bonds is 6. The molecular weight excluding hydrogens is 262 g/mol. The summed E-state index contributed by atoms with van der Waals surface area (Å²) in [5.74, 6) is -0.162. The molecule has 21 heavy (non-hydrogen) atoms. The van der Waals surface area contributed by atoms with Gasteiger partial charge in [0.25, 0.3) is 5.91 Å². The zero-order valence-corrected chi connectivity index (χ0v) is 13.4. The Bertz CT molecular complexity index is 629. The van der Waals surface area contributed by atoms with Crippen LogP contribution in [0.3, 0.4) is 0 Å². The van der Waals surface area contributed by atoms with Crippen LogP contribution < -0.4 is 0 Å². The lowest BCUT2D eigenvalue weighted by Crippen LogP contribution is -2.13. The molecule has 2 heterocycles. The number of unbranched alkanes of at least 4 members (excludes halogenated alkanes) is 1. The Kier molecular flexibility index (Phi) is 4.52. The molecule has 4 heteroatoms. The standard InChI is InChI=1S/C17H23N3O/c1-5-7-9-14-12(8-6-2)10-15-16(19(3)4)13(11-18)17(21)20(14)15/h10H,5-9H2,1-4H3. The van der Waals surface area contributed by atoms with Gasteiger partial charge in [-0.3, -0.25) is 9.36 Å². The maximum absolute atomic E-state index is 12.6. The number of carbonyl (C=O) groups excluding carboxylic acids is 1. The Morgan fingerprint density at radius 3 is 2.48 bits per heavy atom. The molecule has 0 aromatic carbocycles. The summed E-state index contributed by atoms with van der Waals surface area (Å²) in [4.78, 5) is 14.5. The SMILES string of the molecule is CCCCc1c(CCC)cc2n1C(=O)C(C#N)=C2N(C)C. The van der Waals surface area contributed by atoms with E-state index >= 15 is 0 Å². The van der Waals surface area contributed by atoms with Gasteiger partial charge in [0.15, 0.2) is 0 Å². The van der Waals surface area contributed by atoms with Crippen molar-refractivity contribution in [1.82, 2.24) is 9.47 Å². The van der Waals surface area contributed by atoms with Crippen molar-refractivity contribution in [2.75, 3.05) is 14.1 Å². The first-order valence-corrected chi connectivity index (χ1v) is 7.67. The highest BCUT2D eigenvalue weighted by Crippen LogP contribution is 2.34. The van der Waals surface area contributed by atoms with Gasteiger partial charge in [-0.25, -0.2) is 0 Å².